The van der Waals surface area contributed by atoms with Crippen molar-refractivity contribution in [1.82, 2.24) is 5.32 Å². The predicted molar refractivity (Wildman–Crippen MR) is 75.9 cm³/mol. The number of nitrogens with one attached hydrogen (secondary N) is 1. The minimum Gasteiger partial charge on any atom is -0.469 e. The molecule has 1 aromatic carbocycles. The summed E-state index contributed by atoms with van der Waals surface area (Å²) in [5, 5.41) is 3.39. The van der Waals surface area contributed by atoms with Gasteiger partial charge in [0.05, 0.1) is 13.5 Å². The summed E-state index contributed by atoms with van der Waals surface area (Å²) >= 11 is 0. The van der Waals surface area contributed by atoms with E-state index in [0.717, 1.165) is 37.8 Å². The molecular formula is C16H21F2NO2. The van der Waals surface area contributed by atoms with E-state index in [4.69, 9.17) is 4.74 Å². The second-order valence-electron chi connectivity index (χ2n) is 5.57. The lowest BCUT2D eigenvalue weighted by atomic mass is 10.0. The molecule has 5 heteroatoms. The lowest BCUT2D eigenvalue weighted by molar-refractivity contribution is -0.141. The maximum absolute atomic E-state index is 13.8. The van der Waals surface area contributed by atoms with Gasteiger partial charge in [0.15, 0.2) is 0 Å². The fourth-order valence-corrected chi connectivity index (χ4v) is 2.87. The normalized spacial score (nSPS) is 16.9. The van der Waals surface area contributed by atoms with Gasteiger partial charge in [-0.3, -0.25) is 4.79 Å². The number of hydrogen-bond donors (Lipinski definition) is 1. The Morgan fingerprint density at radius 2 is 2.10 bits per heavy atom. The zero-order valence-corrected chi connectivity index (χ0v) is 12.2. The number of ether oxygens (including phenoxy) is 1. The third-order valence-corrected chi connectivity index (χ3v) is 3.94. The first-order chi connectivity index (χ1) is 10.1. The summed E-state index contributed by atoms with van der Waals surface area (Å²) in [5.41, 5.74) is 0.286. The topological polar surface area (TPSA) is 38.3 Å². The molecule has 116 valence electrons. The van der Waals surface area contributed by atoms with Crippen molar-refractivity contribution in [3.63, 3.8) is 0 Å². The predicted octanol–water partition coefficient (Wildman–Crippen LogP) is 2.97. The average Bonchev–Trinajstić information content (AvgIpc) is 2.95. The summed E-state index contributed by atoms with van der Waals surface area (Å²) < 4.78 is 31.7. The number of halogens is 2. The standard InChI is InChI=1S/C16H21F2NO2/c1-21-16(20)10-14(19-13-4-2-3-5-13)9-11-8-12(17)6-7-15(11)18/h6-8,13-14,19H,2-5,9-10H2,1H3. The van der Waals surface area contributed by atoms with Gasteiger partial charge in [-0.15, -0.1) is 0 Å². The number of benzene rings is 1. The molecule has 0 aliphatic heterocycles. The monoisotopic (exact) mass is 297 g/mol. The maximum Gasteiger partial charge on any atom is 0.307 e. The molecule has 0 heterocycles. The minimum atomic E-state index is -0.468. The van der Waals surface area contributed by atoms with Crippen LogP contribution in [0.2, 0.25) is 0 Å². The molecule has 1 aliphatic carbocycles. The van der Waals surface area contributed by atoms with Crippen molar-refractivity contribution in [3.8, 4) is 0 Å². The maximum atomic E-state index is 13.8. The van der Waals surface area contributed by atoms with E-state index in [1.54, 1.807) is 0 Å². The fourth-order valence-electron chi connectivity index (χ4n) is 2.87. The lowest BCUT2D eigenvalue weighted by Crippen LogP contribution is -2.40. The van der Waals surface area contributed by atoms with Gasteiger partial charge in [0, 0.05) is 12.1 Å². The van der Waals surface area contributed by atoms with Crippen molar-refractivity contribution in [2.24, 2.45) is 0 Å². The van der Waals surface area contributed by atoms with Crippen molar-refractivity contribution >= 4 is 5.97 Å². The van der Waals surface area contributed by atoms with Gasteiger partial charge in [0.2, 0.25) is 0 Å². The number of carbonyl (C=O) groups excluding carboxylic acids is 1. The third kappa shape index (κ3) is 4.77. The van der Waals surface area contributed by atoms with Crippen LogP contribution in [0.1, 0.15) is 37.7 Å². The molecule has 21 heavy (non-hydrogen) atoms. The molecule has 1 N–H and O–H groups in total. The van der Waals surface area contributed by atoms with Crippen LogP contribution < -0.4 is 5.32 Å². The summed E-state index contributed by atoms with van der Waals surface area (Å²) in [6, 6.07) is 3.51. The van der Waals surface area contributed by atoms with Gasteiger partial charge in [-0.05, 0) is 43.0 Å². The summed E-state index contributed by atoms with van der Waals surface area (Å²) in [5.74, 6) is -1.26. The van der Waals surface area contributed by atoms with E-state index in [-0.39, 0.29) is 30.4 Å². The zero-order chi connectivity index (χ0) is 15.2. The van der Waals surface area contributed by atoms with Gasteiger partial charge < -0.3 is 10.1 Å². The molecule has 1 unspecified atom stereocenters. The smallest absolute Gasteiger partial charge is 0.307 e. The molecule has 0 amide bonds. The van der Waals surface area contributed by atoms with E-state index in [1.807, 2.05) is 0 Å². The Morgan fingerprint density at radius 3 is 2.76 bits per heavy atom. The summed E-state index contributed by atoms with van der Waals surface area (Å²) in [7, 11) is 1.33. The van der Waals surface area contributed by atoms with Gasteiger partial charge in [-0.1, -0.05) is 12.8 Å². The van der Waals surface area contributed by atoms with Crippen molar-refractivity contribution in [3.05, 3.63) is 35.4 Å². The second-order valence-corrected chi connectivity index (χ2v) is 5.57. The molecule has 0 saturated heterocycles. The minimum absolute atomic E-state index is 0.156. The van der Waals surface area contributed by atoms with Crippen molar-refractivity contribution in [2.75, 3.05) is 7.11 Å². The van der Waals surface area contributed by atoms with Crippen molar-refractivity contribution in [2.45, 2.75) is 50.6 Å². The largest absolute Gasteiger partial charge is 0.469 e. The Kier molecular flexibility index (Phi) is 5.67. The van der Waals surface area contributed by atoms with Crippen LogP contribution in [0.3, 0.4) is 0 Å². The first kappa shape index (κ1) is 15.9. The average molecular weight is 297 g/mol. The Morgan fingerprint density at radius 1 is 1.38 bits per heavy atom. The van der Waals surface area contributed by atoms with E-state index in [1.165, 1.54) is 13.2 Å². The SMILES string of the molecule is COC(=O)CC(Cc1cc(F)ccc1F)NC1CCCC1. The molecule has 3 nitrogen and oxygen atoms in total. The molecule has 1 aromatic rings. The summed E-state index contributed by atoms with van der Waals surface area (Å²) in [6.07, 6.45) is 4.87. The lowest BCUT2D eigenvalue weighted by Gasteiger charge is -2.22. The van der Waals surface area contributed by atoms with Crippen molar-refractivity contribution in [1.29, 1.82) is 0 Å². The molecule has 0 spiro atoms. The highest BCUT2D eigenvalue weighted by Gasteiger charge is 2.22. The van der Waals surface area contributed by atoms with E-state index in [2.05, 4.69) is 5.32 Å². The van der Waals surface area contributed by atoms with Crippen LogP contribution in [0.4, 0.5) is 8.78 Å². The summed E-state index contributed by atoms with van der Waals surface area (Å²) in [6.45, 7) is 0. The molecule has 0 radical (unpaired) electrons. The van der Waals surface area contributed by atoms with Crippen LogP contribution in [0.5, 0.6) is 0 Å². The molecule has 2 rings (SSSR count). The fraction of sp³-hybridized carbons (Fsp3) is 0.562. The van der Waals surface area contributed by atoms with E-state index >= 15 is 0 Å². The highest BCUT2D eigenvalue weighted by Crippen LogP contribution is 2.20. The summed E-state index contributed by atoms with van der Waals surface area (Å²) in [4.78, 5) is 11.5. The van der Waals surface area contributed by atoms with Gasteiger partial charge in [0.25, 0.3) is 0 Å². The van der Waals surface area contributed by atoms with Gasteiger partial charge in [-0.25, -0.2) is 8.78 Å². The Balaban J connectivity index is 2.06. The quantitative estimate of drug-likeness (QED) is 0.820. The second kappa shape index (κ2) is 7.50. The zero-order valence-electron chi connectivity index (χ0n) is 12.2. The van der Waals surface area contributed by atoms with Crippen LogP contribution in [-0.2, 0) is 16.0 Å². The number of hydrogen-bond acceptors (Lipinski definition) is 3. The molecule has 0 aromatic heterocycles. The van der Waals surface area contributed by atoms with Gasteiger partial charge in [-0.2, -0.15) is 0 Å². The highest BCUT2D eigenvalue weighted by molar-refractivity contribution is 5.70. The van der Waals surface area contributed by atoms with E-state index in [0.29, 0.717) is 6.04 Å². The number of methoxy groups -OCH3 is 1. The Bertz CT molecular complexity index is 487. The van der Waals surface area contributed by atoms with E-state index in [9.17, 15) is 13.6 Å². The number of esters is 1. The third-order valence-electron chi connectivity index (χ3n) is 3.94. The van der Waals surface area contributed by atoms with Crippen LogP contribution in [-0.4, -0.2) is 25.2 Å². The van der Waals surface area contributed by atoms with Gasteiger partial charge >= 0.3 is 5.97 Å². The molecule has 1 saturated carbocycles. The van der Waals surface area contributed by atoms with Crippen molar-refractivity contribution < 1.29 is 18.3 Å². The van der Waals surface area contributed by atoms with Gasteiger partial charge in [0.1, 0.15) is 11.6 Å². The Hall–Kier alpha value is -1.49. The number of carbonyl (C=O) groups is 1. The molecule has 1 fully saturated rings. The van der Waals surface area contributed by atoms with Crippen LogP contribution in [0, 0.1) is 11.6 Å². The van der Waals surface area contributed by atoms with E-state index < -0.39 is 11.6 Å². The first-order valence-electron chi connectivity index (χ1n) is 7.35. The molecule has 0 bridgehead atoms. The highest BCUT2D eigenvalue weighted by atomic mass is 19.1. The molecular weight excluding hydrogens is 276 g/mol. The van der Waals surface area contributed by atoms with Crippen LogP contribution in [0.15, 0.2) is 18.2 Å². The van der Waals surface area contributed by atoms with Crippen LogP contribution >= 0.6 is 0 Å². The first-order valence-corrected chi connectivity index (χ1v) is 7.35. The van der Waals surface area contributed by atoms with Crippen LogP contribution in [0.25, 0.3) is 0 Å². The molecule has 1 atom stereocenters. The molecule has 1 aliphatic rings. The Labute approximate surface area is 123 Å². The number of rotatable bonds is 6.